The van der Waals surface area contributed by atoms with Crippen molar-refractivity contribution in [2.75, 3.05) is 13.1 Å². The number of amides is 2. The molecule has 3 rings (SSSR count). The number of nitrogens with two attached hydrogens (primary N) is 1. The first-order chi connectivity index (χ1) is 12.7. The normalized spacial score (nSPS) is 19.1. The summed E-state index contributed by atoms with van der Waals surface area (Å²) in [5.74, 6) is -0.252. The SMILES string of the molecule is NCC(=O)NC1CN[C@H](C(=O)NCc2ccc(-c3ccccc3)cc2)C1. The largest absolute Gasteiger partial charge is 0.351 e. The van der Waals surface area contributed by atoms with Crippen LogP contribution in [0.5, 0.6) is 0 Å². The minimum Gasteiger partial charge on any atom is -0.351 e. The van der Waals surface area contributed by atoms with Crippen LogP contribution in [0.3, 0.4) is 0 Å². The molecular formula is C20H24N4O2. The molecule has 6 nitrogen and oxygen atoms in total. The fourth-order valence-corrected chi connectivity index (χ4v) is 3.09. The van der Waals surface area contributed by atoms with Gasteiger partial charge in [0.2, 0.25) is 11.8 Å². The van der Waals surface area contributed by atoms with Crippen molar-refractivity contribution >= 4 is 11.8 Å². The summed E-state index contributed by atoms with van der Waals surface area (Å²) in [5.41, 5.74) is 8.66. The van der Waals surface area contributed by atoms with Gasteiger partial charge in [0.05, 0.1) is 12.6 Å². The number of rotatable bonds is 6. The highest BCUT2D eigenvalue weighted by molar-refractivity contribution is 5.83. The van der Waals surface area contributed by atoms with Gasteiger partial charge in [0.15, 0.2) is 0 Å². The quantitative estimate of drug-likeness (QED) is 0.618. The smallest absolute Gasteiger partial charge is 0.237 e. The van der Waals surface area contributed by atoms with E-state index in [-0.39, 0.29) is 30.4 Å². The lowest BCUT2D eigenvalue weighted by molar-refractivity contribution is -0.123. The molecule has 1 aliphatic rings. The van der Waals surface area contributed by atoms with Crippen LogP contribution in [-0.4, -0.2) is 37.0 Å². The van der Waals surface area contributed by atoms with E-state index >= 15 is 0 Å². The van der Waals surface area contributed by atoms with E-state index in [4.69, 9.17) is 5.73 Å². The number of carbonyl (C=O) groups excluding carboxylic acids is 2. The van der Waals surface area contributed by atoms with Gasteiger partial charge < -0.3 is 21.7 Å². The fraction of sp³-hybridized carbons (Fsp3) is 0.300. The summed E-state index contributed by atoms with van der Waals surface area (Å²) in [7, 11) is 0. The Bertz CT molecular complexity index is 746. The van der Waals surface area contributed by atoms with E-state index in [1.807, 2.05) is 30.3 Å². The summed E-state index contributed by atoms with van der Waals surface area (Å²) < 4.78 is 0. The Hall–Kier alpha value is -2.70. The van der Waals surface area contributed by atoms with E-state index in [2.05, 4.69) is 40.2 Å². The van der Waals surface area contributed by atoms with E-state index in [9.17, 15) is 9.59 Å². The molecule has 0 bridgehead atoms. The molecule has 2 atom stereocenters. The van der Waals surface area contributed by atoms with Gasteiger partial charge in [0.1, 0.15) is 0 Å². The average molecular weight is 352 g/mol. The van der Waals surface area contributed by atoms with Crippen molar-refractivity contribution in [3.8, 4) is 11.1 Å². The fourth-order valence-electron chi connectivity index (χ4n) is 3.09. The standard InChI is InChI=1S/C20H24N4O2/c21-11-19(25)24-17-10-18(22-13-17)20(26)23-12-14-6-8-16(9-7-14)15-4-2-1-3-5-15/h1-9,17-18,22H,10-13,21H2,(H,23,26)(H,24,25)/t17?,18-/m0/s1. The van der Waals surface area contributed by atoms with E-state index in [1.54, 1.807) is 0 Å². The van der Waals surface area contributed by atoms with Gasteiger partial charge in [-0.1, -0.05) is 54.6 Å². The molecule has 0 saturated carbocycles. The van der Waals surface area contributed by atoms with Crippen molar-refractivity contribution in [1.82, 2.24) is 16.0 Å². The van der Waals surface area contributed by atoms with Crippen LogP contribution in [0, 0.1) is 0 Å². The third-order valence-electron chi connectivity index (χ3n) is 4.53. The minimum atomic E-state index is -0.290. The summed E-state index contributed by atoms with van der Waals surface area (Å²) in [5, 5.41) is 8.89. The molecule has 0 aliphatic carbocycles. The number of carbonyl (C=O) groups is 2. The van der Waals surface area contributed by atoms with Crippen molar-refractivity contribution in [1.29, 1.82) is 0 Å². The molecule has 2 aromatic carbocycles. The Kier molecular flexibility index (Phi) is 5.99. The van der Waals surface area contributed by atoms with Gasteiger partial charge in [-0.05, 0) is 23.1 Å². The van der Waals surface area contributed by atoms with Gasteiger partial charge in [-0.25, -0.2) is 0 Å². The molecule has 0 spiro atoms. The second-order valence-electron chi connectivity index (χ2n) is 6.45. The molecule has 0 aromatic heterocycles. The minimum absolute atomic E-state index is 0.0354. The van der Waals surface area contributed by atoms with E-state index in [0.29, 0.717) is 19.5 Å². The van der Waals surface area contributed by atoms with Gasteiger partial charge in [0, 0.05) is 19.1 Å². The topological polar surface area (TPSA) is 96.2 Å². The molecule has 26 heavy (non-hydrogen) atoms. The summed E-state index contributed by atoms with van der Waals surface area (Å²) in [6.45, 7) is 1.02. The molecular weight excluding hydrogens is 328 g/mol. The Morgan fingerprint density at radius 1 is 1.04 bits per heavy atom. The Balaban J connectivity index is 1.48. The summed E-state index contributed by atoms with van der Waals surface area (Å²) in [6.07, 6.45) is 0.574. The summed E-state index contributed by atoms with van der Waals surface area (Å²) >= 11 is 0. The molecule has 2 aromatic rings. The molecule has 1 fully saturated rings. The van der Waals surface area contributed by atoms with Crippen molar-refractivity contribution in [3.63, 3.8) is 0 Å². The second-order valence-corrected chi connectivity index (χ2v) is 6.45. The zero-order valence-corrected chi connectivity index (χ0v) is 14.6. The lowest BCUT2D eigenvalue weighted by Crippen LogP contribution is -2.40. The predicted octanol–water partition coefficient (Wildman–Crippen LogP) is 0.775. The molecule has 1 aliphatic heterocycles. The van der Waals surface area contributed by atoms with Gasteiger partial charge in [0.25, 0.3) is 0 Å². The average Bonchev–Trinajstić information content (AvgIpc) is 3.15. The first kappa shape index (κ1) is 18.1. The third-order valence-corrected chi connectivity index (χ3v) is 4.53. The Labute approximate surface area is 153 Å². The highest BCUT2D eigenvalue weighted by Crippen LogP contribution is 2.19. The number of hydrogen-bond acceptors (Lipinski definition) is 4. The first-order valence-electron chi connectivity index (χ1n) is 8.80. The molecule has 0 radical (unpaired) electrons. The van der Waals surface area contributed by atoms with E-state index in [0.717, 1.165) is 11.1 Å². The number of hydrogen-bond donors (Lipinski definition) is 4. The van der Waals surface area contributed by atoms with Crippen LogP contribution in [0.15, 0.2) is 54.6 Å². The maximum atomic E-state index is 12.3. The maximum Gasteiger partial charge on any atom is 0.237 e. The van der Waals surface area contributed by atoms with Crippen LogP contribution in [0.2, 0.25) is 0 Å². The molecule has 6 heteroatoms. The zero-order valence-electron chi connectivity index (χ0n) is 14.6. The summed E-state index contributed by atoms with van der Waals surface area (Å²) in [6, 6.07) is 18.0. The van der Waals surface area contributed by atoms with Crippen molar-refractivity contribution in [3.05, 3.63) is 60.2 Å². The van der Waals surface area contributed by atoms with Crippen LogP contribution >= 0.6 is 0 Å². The molecule has 1 unspecified atom stereocenters. The van der Waals surface area contributed by atoms with Crippen molar-refractivity contribution < 1.29 is 9.59 Å². The molecule has 5 N–H and O–H groups in total. The van der Waals surface area contributed by atoms with Gasteiger partial charge in [-0.2, -0.15) is 0 Å². The first-order valence-corrected chi connectivity index (χ1v) is 8.80. The van der Waals surface area contributed by atoms with Gasteiger partial charge >= 0.3 is 0 Å². The maximum absolute atomic E-state index is 12.3. The molecule has 1 heterocycles. The molecule has 2 amide bonds. The highest BCUT2D eigenvalue weighted by Gasteiger charge is 2.29. The zero-order chi connectivity index (χ0) is 18.4. The van der Waals surface area contributed by atoms with Gasteiger partial charge in [-0.15, -0.1) is 0 Å². The Morgan fingerprint density at radius 2 is 1.73 bits per heavy atom. The Morgan fingerprint density at radius 3 is 2.42 bits per heavy atom. The third kappa shape index (κ3) is 4.68. The monoisotopic (exact) mass is 352 g/mol. The van der Waals surface area contributed by atoms with Crippen LogP contribution in [0.1, 0.15) is 12.0 Å². The second kappa shape index (κ2) is 8.60. The van der Waals surface area contributed by atoms with Crippen LogP contribution in [0.4, 0.5) is 0 Å². The lowest BCUT2D eigenvalue weighted by Gasteiger charge is -2.12. The molecule has 136 valence electrons. The van der Waals surface area contributed by atoms with Crippen LogP contribution in [0.25, 0.3) is 11.1 Å². The van der Waals surface area contributed by atoms with Crippen LogP contribution < -0.4 is 21.7 Å². The van der Waals surface area contributed by atoms with E-state index < -0.39 is 0 Å². The highest BCUT2D eigenvalue weighted by atomic mass is 16.2. The number of nitrogens with one attached hydrogen (secondary N) is 3. The lowest BCUT2D eigenvalue weighted by atomic mass is 10.0. The van der Waals surface area contributed by atoms with Crippen molar-refractivity contribution in [2.45, 2.75) is 25.0 Å². The summed E-state index contributed by atoms with van der Waals surface area (Å²) in [4.78, 5) is 23.6. The predicted molar refractivity (Wildman–Crippen MR) is 101 cm³/mol. The van der Waals surface area contributed by atoms with E-state index in [1.165, 1.54) is 5.56 Å². The molecule has 1 saturated heterocycles. The number of benzene rings is 2. The van der Waals surface area contributed by atoms with Crippen molar-refractivity contribution in [2.24, 2.45) is 5.73 Å². The van der Waals surface area contributed by atoms with Gasteiger partial charge in [-0.3, -0.25) is 9.59 Å². The van der Waals surface area contributed by atoms with Crippen LogP contribution in [-0.2, 0) is 16.1 Å².